The zero-order valence-electron chi connectivity index (χ0n) is 12.6. The summed E-state index contributed by atoms with van der Waals surface area (Å²) in [6.07, 6.45) is 4.70. The first-order chi connectivity index (χ1) is 9.09. The van der Waals surface area contributed by atoms with Gasteiger partial charge in [0, 0.05) is 31.0 Å². The van der Waals surface area contributed by atoms with Crippen LogP contribution in [0, 0.1) is 5.92 Å². The highest BCUT2D eigenvalue weighted by atomic mass is 16.5. The summed E-state index contributed by atoms with van der Waals surface area (Å²) in [7, 11) is 4.15. The van der Waals surface area contributed by atoms with Gasteiger partial charge in [-0.2, -0.15) is 0 Å². The summed E-state index contributed by atoms with van der Waals surface area (Å²) in [6, 6.07) is 1.95. The van der Waals surface area contributed by atoms with Crippen LogP contribution in [0.1, 0.15) is 25.8 Å². The van der Waals surface area contributed by atoms with Gasteiger partial charge in [-0.1, -0.05) is 13.8 Å². The van der Waals surface area contributed by atoms with E-state index in [2.05, 4.69) is 43.1 Å². The fraction of sp³-hybridized carbons (Fsp3) is 0.667. The molecule has 0 bridgehead atoms. The maximum absolute atomic E-state index is 5.84. The van der Waals surface area contributed by atoms with Crippen LogP contribution in [-0.4, -0.2) is 43.7 Å². The van der Waals surface area contributed by atoms with Gasteiger partial charge in [0.25, 0.3) is 0 Å². The van der Waals surface area contributed by atoms with Crippen LogP contribution in [0.15, 0.2) is 18.5 Å². The number of hydrogen-bond donors (Lipinski definition) is 1. The lowest BCUT2D eigenvalue weighted by Gasteiger charge is -2.14. The van der Waals surface area contributed by atoms with Crippen LogP contribution in [-0.2, 0) is 6.54 Å². The third-order valence-electron chi connectivity index (χ3n) is 2.73. The summed E-state index contributed by atoms with van der Waals surface area (Å²) in [5, 5.41) is 3.42. The molecule has 0 unspecified atom stereocenters. The zero-order valence-corrected chi connectivity index (χ0v) is 12.6. The maximum Gasteiger partial charge on any atom is 0.126 e. The van der Waals surface area contributed by atoms with E-state index in [0.717, 1.165) is 44.0 Å². The molecule has 0 aromatic carbocycles. The minimum absolute atomic E-state index is 0.654. The van der Waals surface area contributed by atoms with Crippen LogP contribution in [0.25, 0.3) is 0 Å². The predicted molar refractivity (Wildman–Crippen MR) is 79.4 cm³/mol. The van der Waals surface area contributed by atoms with Gasteiger partial charge in [-0.25, -0.2) is 0 Å². The van der Waals surface area contributed by atoms with E-state index in [1.165, 1.54) is 0 Å². The van der Waals surface area contributed by atoms with Crippen LogP contribution in [0.2, 0.25) is 0 Å². The highest BCUT2D eigenvalue weighted by molar-refractivity contribution is 5.29. The zero-order chi connectivity index (χ0) is 14.1. The van der Waals surface area contributed by atoms with E-state index in [1.807, 2.05) is 12.3 Å². The monoisotopic (exact) mass is 265 g/mol. The molecule has 1 heterocycles. The first-order valence-corrected chi connectivity index (χ1v) is 7.00. The average molecular weight is 265 g/mol. The van der Waals surface area contributed by atoms with Crippen molar-refractivity contribution in [2.75, 3.05) is 33.8 Å². The van der Waals surface area contributed by atoms with Gasteiger partial charge in [0.05, 0.1) is 6.61 Å². The Kier molecular flexibility index (Phi) is 7.45. The van der Waals surface area contributed by atoms with Crippen molar-refractivity contribution in [1.29, 1.82) is 0 Å². The van der Waals surface area contributed by atoms with Gasteiger partial charge >= 0.3 is 0 Å². The number of rotatable bonds is 9. The predicted octanol–water partition coefficient (Wildman–Crippen LogP) is 2.16. The second kappa shape index (κ2) is 8.88. The third-order valence-corrected chi connectivity index (χ3v) is 2.73. The van der Waals surface area contributed by atoms with E-state index in [0.29, 0.717) is 5.92 Å². The molecule has 0 spiro atoms. The van der Waals surface area contributed by atoms with E-state index in [9.17, 15) is 0 Å². The summed E-state index contributed by atoms with van der Waals surface area (Å²) in [5.74, 6) is 1.60. The number of pyridine rings is 1. The van der Waals surface area contributed by atoms with E-state index in [4.69, 9.17) is 4.74 Å². The highest BCUT2D eigenvalue weighted by Gasteiger charge is 2.04. The quantitative estimate of drug-likeness (QED) is 0.694. The second-order valence-corrected chi connectivity index (χ2v) is 5.51. The van der Waals surface area contributed by atoms with Crippen LogP contribution in [0.3, 0.4) is 0 Å². The van der Waals surface area contributed by atoms with Crippen LogP contribution >= 0.6 is 0 Å². The van der Waals surface area contributed by atoms with E-state index in [-0.39, 0.29) is 0 Å². The molecule has 0 aliphatic carbocycles. The molecule has 0 aliphatic rings. The molecule has 108 valence electrons. The Morgan fingerprint density at radius 3 is 2.84 bits per heavy atom. The summed E-state index contributed by atoms with van der Waals surface area (Å²) in [6.45, 7) is 8.03. The molecule has 0 radical (unpaired) electrons. The molecule has 0 amide bonds. The standard InChI is InChI=1S/C15H27N3O/c1-13(2)10-17-12-14-11-16-7-6-15(14)19-9-5-8-18(3)4/h6-7,11,13,17H,5,8-10,12H2,1-4H3. The number of hydrogen-bond acceptors (Lipinski definition) is 4. The number of aromatic nitrogens is 1. The average Bonchev–Trinajstić information content (AvgIpc) is 2.35. The van der Waals surface area contributed by atoms with Gasteiger partial charge in [-0.15, -0.1) is 0 Å². The van der Waals surface area contributed by atoms with Crippen molar-refractivity contribution in [2.24, 2.45) is 5.92 Å². The summed E-state index contributed by atoms with van der Waals surface area (Å²) in [4.78, 5) is 6.34. The number of nitrogens with one attached hydrogen (secondary N) is 1. The van der Waals surface area contributed by atoms with Gasteiger partial charge in [0.1, 0.15) is 5.75 Å². The summed E-state index contributed by atoms with van der Waals surface area (Å²) < 4.78 is 5.84. The molecule has 0 saturated heterocycles. The lowest BCUT2D eigenvalue weighted by molar-refractivity contribution is 0.278. The van der Waals surface area contributed by atoms with E-state index < -0.39 is 0 Å². The highest BCUT2D eigenvalue weighted by Crippen LogP contribution is 2.16. The van der Waals surface area contributed by atoms with Gasteiger partial charge in [0.2, 0.25) is 0 Å². The molecule has 1 N–H and O–H groups in total. The Hall–Kier alpha value is -1.13. The Morgan fingerprint density at radius 1 is 1.37 bits per heavy atom. The molecule has 1 aromatic rings. The first kappa shape index (κ1) is 15.9. The summed E-state index contributed by atoms with van der Waals surface area (Å²) >= 11 is 0. The number of nitrogens with zero attached hydrogens (tertiary/aromatic N) is 2. The van der Waals surface area contributed by atoms with E-state index >= 15 is 0 Å². The second-order valence-electron chi connectivity index (χ2n) is 5.51. The smallest absolute Gasteiger partial charge is 0.126 e. The van der Waals surface area contributed by atoms with Crippen LogP contribution in [0.4, 0.5) is 0 Å². The van der Waals surface area contributed by atoms with Crippen molar-refractivity contribution in [3.8, 4) is 5.75 Å². The molecule has 1 rings (SSSR count). The molecule has 0 aliphatic heterocycles. The van der Waals surface area contributed by atoms with Gasteiger partial charge in [0.15, 0.2) is 0 Å². The van der Waals surface area contributed by atoms with Crippen molar-refractivity contribution >= 4 is 0 Å². The van der Waals surface area contributed by atoms with Crippen molar-refractivity contribution in [2.45, 2.75) is 26.8 Å². The Morgan fingerprint density at radius 2 is 2.16 bits per heavy atom. The Labute approximate surface area is 117 Å². The Bertz CT molecular complexity index is 353. The van der Waals surface area contributed by atoms with Gasteiger partial charge in [-0.3, -0.25) is 4.98 Å². The molecule has 0 saturated carbocycles. The summed E-state index contributed by atoms with van der Waals surface area (Å²) in [5.41, 5.74) is 1.13. The lowest BCUT2D eigenvalue weighted by Crippen LogP contribution is -2.20. The minimum Gasteiger partial charge on any atom is -0.493 e. The topological polar surface area (TPSA) is 37.4 Å². The maximum atomic E-state index is 5.84. The van der Waals surface area contributed by atoms with E-state index in [1.54, 1.807) is 6.20 Å². The molecule has 0 fully saturated rings. The largest absolute Gasteiger partial charge is 0.493 e. The third kappa shape index (κ3) is 7.13. The lowest BCUT2D eigenvalue weighted by atomic mass is 10.2. The van der Waals surface area contributed by atoms with Crippen molar-refractivity contribution in [3.05, 3.63) is 24.0 Å². The van der Waals surface area contributed by atoms with Crippen molar-refractivity contribution in [3.63, 3.8) is 0 Å². The van der Waals surface area contributed by atoms with Crippen molar-refractivity contribution < 1.29 is 4.74 Å². The molecule has 4 nitrogen and oxygen atoms in total. The van der Waals surface area contributed by atoms with Gasteiger partial charge in [-0.05, 0) is 39.0 Å². The van der Waals surface area contributed by atoms with Gasteiger partial charge < -0.3 is 15.0 Å². The van der Waals surface area contributed by atoms with Crippen LogP contribution < -0.4 is 10.1 Å². The fourth-order valence-electron chi connectivity index (χ4n) is 1.75. The van der Waals surface area contributed by atoms with Crippen molar-refractivity contribution in [1.82, 2.24) is 15.2 Å². The molecular formula is C15H27N3O. The molecular weight excluding hydrogens is 238 g/mol. The molecule has 1 aromatic heterocycles. The Balaban J connectivity index is 2.39. The normalized spacial score (nSPS) is 11.3. The number of ether oxygens (including phenoxy) is 1. The minimum atomic E-state index is 0.654. The van der Waals surface area contributed by atoms with Crippen LogP contribution in [0.5, 0.6) is 5.75 Å². The SMILES string of the molecule is CC(C)CNCc1cnccc1OCCCN(C)C. The fourth-order valence-corrected chi connectivity index (χ4v) is 1.75. The molecule has 4 heteroatoms. The molecule has 0 atom stereocenters. The molecule has 19 heavy (non-hydrogen) atoms. The first-order valence-electron chi connectivity index (χ1n) is 7.00.